The van der Waals surface area contributed by atoms with Crippen molar-refractivity contribution in [2.24, 2.45) is 7.05 Å². The van der Waals surface area contributed by atoms with Crippen molar-refractivity contribution in [2.75, 3.05) is 0 Å². The largest absolute Gasteiger partial charge is 0.459 e. The minimum atomic E-state index is -0.204. The number of furan rings is 1. The lowest BCUT2D eigenvalue weighted by molar-refractivity contribution is 0.231. The highest BCUT2D eigenvalue weighted by Crippen LogP contribution is 2.29. The number of carbonyl (C=O) groups excluding carboxylic acids is 1. The quantitative estimate of drug-likeness (QED) is 0.766. The summed E-state index contributed by atoms with van der Waals surface area (Å²) in [6.07, 6.45) is 4.87. The number of benzene rings is 1. The van der Waals surface area contributed by atoms with E-state index in [0.717, 1.165) is 41.6 Å². The van der Waals surface area contributed by atoms with Crippen LogP contribution in [0, 0.1) is 0 Å². The minimum absolute atomic E-state index is 0.0142. The van der Waals surface area contributed by atoms with Crippen LogP contribution < -0.4 is 10.6 Å². The standard InChI is InChI=1S/C19H22N4O2/c1-12(18-10-13-6-3-4-9-17(13)25-18)21-19(24)22-15-7-5-8-16-14(15)11-20-23(16)2/h3-4,6,9-12,15H,5,7-8H2,1-2H3,(H2,21,22,24). The number of nitrogens with one attached hydrogen (secondary N) is 2. The molecule has 1 aliphatic rings. The lowest BCUT2D eigenvalue weighted by Gasteiger charge is -2.24. The summed E-state index contributed by atoms with van der Waals surface area (Å²) < 4.78 is 7.73. The van der Waals surface area contributed by atoms with E-state index in [0.29, 0.717) is 0 Å². The van der Waals surface area contributed by atoms with Gasteiger partial charge in [-0.15, -0.1) is 0 Å². The Labute approximate surface area is 146 Å². The summed E-state index contributed by atoms with van der Waals surface area (Å²) in [5, 5.41) is 11.4. The molecular weight excluding hydrogens is 316 g/mol. The van der Waals surface area contributed by atoms with Crippen molar-refractivity contribution < 1.29 is 9.21 Å². The Bertz CT molecular complexity index is 878. The number of aryl methyl sites for hydroxylation is 1. The fourth-order valence-electron chi connectivity index (χ4n) is 3.54. The average molecular weight is 338 g/mol. The van der Waals surface area contributed by atoms with E-state index in [1.54, 1.807) is 0 Å². The predicted octanol–water partition coefficient (Wildman–Crippen LogP) is 3.60. The molecule has 6 nitrogen and oxygen atoms in total. The molecule has 2 N–H and O–H groups in total. The van der Waals surface area contributed by atoms with Crippen LogP contribution in [0.1, 0.15) is 48.9 Å². The van der Waals surface area contributed by atoms with Crippen molar-refractivity contribution >= 4 is 17.0 Å². The second-order valence-electron chi connectivity index (χ2n) is 6.64. The first kappa shape index (κ1) is 15.7. The molecule has 3 aromatic rings. The normalized spacial score (nSPS) is 17.9. The van der Waals surface area contributed by atoms with Crippen molar-refractivity contribution in [1.82, 2.24) is 20.4 Å². The van der Waals surface area contributed by atoms with Gasteiger partial charge in [0.25, 0.3) is 0 Å². The van der Waals surface area contributed by atoms with Crippen molar-refractivity contribution in [2.45, 2.75) is 38.3 Å². The van der Waals surface area contributed by atoms with Crippen molar-refractivity contribution in [1.29, 1.82) is 0 Å². The third-order valence-electron chi connectivity index (χ3n) is 4.90. The van der Waals surface area contributed by atoms with Crippen LogP contribution in [0.5, 0.6) is 0 Å². The summed E-state index contributed by atoms with van der Waals surface area (Å²) in [5.41, 5.74) is 3.17. The molecule has 0 radical (unpaired) electrons. The molecule has 2 aromatic heterocycles. The second-order valence-corrected chi connectivity index (χ2v) is 6.64. The number of para-hydroxylation sites is 1. The molecular formula is C19H22N4O2. The molecule has 1 aromatic carbocycles. The second kappa shape index (κ2) is 6.27. The van der Waals surface area contributed by atoms with Gasteiger partial charge in [0.05, 0.1) is 18.3 Å². The van der Waals surface area contributed by atoms with Gasteiger partial charge < -0.3 is 15.1 Å². The van der Waals surface area contributed by atoms with Crippen molar-refractivity contribution in [3.05, 3.63) is 53.5 Å². The maximum absolute atomic E-state index is 12.4. The molecule has 130 valence electrons. The molecule has 2 heterocycles. The zero-order valence-corrected chi connectivity index (χ0v) is 14.5. The summed E-state index contributed by atoms with van der Waals surface area (Å²) >= 11 is 0. The van der Waals surface area contributed by atoms with Gasteiger partial charge in [-0.05, 0) is 38.3 Å². The predicted molar refractivity (Wildman–Crippen MR) is 95.2 cm³/mol. The molecule has 0 saturated heterocycles. The van der Waals surface area contributed by atoms with Crippen LogP contribution in [-0.4, -0.2) is 15.8 Å². The van der Waals surface area contributed by atoms with E-state index in [4.69, 9.17) is 4.42 Å². The molecule has 25 heavy (non-hydrogen) atoms. The molecule has 0 bridgehead atoms. The molecule has 0 fully saturated rings. The highest BCUT2D eigenvalue weighted by molar-refractivity contribution is 5.78. The first-order chi connectivity index (χ1) is 12.1. The molecule has 4 rings (SSSR count). The molecule has 0 spiro atoms. The fraction of sp³-hybridized carbons (Fsp3) is 0.368. The topological polar surface area (TPSA) is 72.1 Å². The number of hydrogen-bond donors (Lipinski definition) is 2. The first-order valence-corrected chi connectivity index (χ1v) is 8.68. The molecule has 0 aliphatic heterocycles. The Morgan fingerprint density at radius 2 is 2.24 bits per heavy atom. The lowest BCUT2D eigenvalue weighted by Crippen LogP contribution is -2.40. The Morgan fingerprint density at radius 1 is 1.40 bits per heavy atom. The molecule has 2 amide bonds. The lowest BCUT2D eigenvalue weighted by atomic mass is 9.93. The number of urea groups is 1. The van der Waals surface area contributed by atoms with Crippen LogP contribution in [0.15, 0.2) is 40.9 Å². The Morgan fingerprint density at radius 3 is 3.08 bits per heavy atom. The van der Waals surface area contributed by atoms with Crippen LogP contribution in [0.3, 0.4) is 0 Å². The summed E-state index contributed by atoms with van der Waals surface area (Å²) in [5.74, 6) is 0.752. The molecule has 2 unspecified atom stereocenters. The van der Waals surface area contributed by atoms with E-state index in [2.05, 4.69) is 15.7 Å². The van der Waals surface area contributed by atoms with Crippen LogP contribution in [0.4, 0.5) is 4.79 Å². The molecule has 2 atom stereocenters. The zero-order valence-electron chi connectivity index (χ0n) is 14.5. The van der Waals surface area contributed by atoms with Gasteiger partial charge in [-0.2, -0.15) is 5.10 Å². The van der Waals surface area contributed by atoms with Gasteiger partial charge in [0.15, 0.2) is 0 Å². The number of aromatic nitrogens is 2. The number of amides is 2. The highest BCUT2D eigenvalue weighted by atomic mass is 16.3. The minimum Gasteiger partial charge on any atom is -0.459 e. The monoisotopic (exact) mass is 338 g/mol. The van der Waals surface area contributed by atoms with Gasteiger partial charge in [-0.25, -0.2) is 4.79 Å². The van der Waals surface area contributed by atoms with Crippen molar-refractivity contribution in [3.8, 4) is 0 Å². The third kappa shape index (κ3) is 2.99. The Kier molecular flexibility index (Phi) is 3.95. The van der Waals surface area contributed by atoms with Crippen LogP contribution in [-0.2, 0) is 13.5 Å². The summed E-state index contributed by atoms with van der Waals surface area (Å²) in [4.78, 5) is 12.4. The highest BCUT2D eigenvalue weighted by Gasteiger charge is 2.25. The van der Waals surface area contributed by atoms with Gasteiger partial charge >= 0.3 is 6.03 Å². The van der Waals surface area contributed by atoms with Crippen LogP contribution >= 0.6 is 0 Å². The van der Waals surface area contributed by atoms with Crippen molar-refractivity contribution in [3.63, 3.8) is 0 Å². The number of rotatable bonds is 3. The van der Waals surface area contributed by atoms with E-state index in [1.165, 1.54) is 5.69 Å². The first-order valence-electron chi connectivity index (χ1n) is 8.68. The Balaban J connectivity index is 1.43. The number of hydrogen-bond acceptors (Lipinski definition) is 3. The maximum atomic E-state index is 12.4. The van der Waals surface area contributed by atoms with E-state index in [9.17, 15) is 4.79 Å². The zero-order chi connectivity index (χ0) is 17.4. The van der Waals surface area contributed by atoms with Crippen LogP contribution in [0.25, 0.3) is 11.0 Å². The van der Waals surface area contributed by atoms with Gasteiger partial charge in [0.1, 0.15) is 11.3 Å². The third-order valence-corrected chi connectivity index (χ3v) is 4.90. The average Bonchev–Trinajstić information content (AvgIpc) is 3.19. The van der Waals surface area contributed by atoms with Crippen LogP contribution in [0.2, 0.25) is 0 Å². The molecule has 1 aliphatic carbocycles. The van der Waals surface area contributed by atoms with Gasteiger partial charge in [0.2, 0.25) is 0 Å². The SMILES string of the molecule is CC(NC(=O)NC1CCCc2c1cnn2C)c1cc2ccccc2o1. The fourth-order valence-corrected chi connectivity index (χ4v) is 3.54. The maximum Gasteiger partial charge on any atom is 0.315 e. The number of nitrogens with zero attached hydrogens (tertiary/aromatic N) is 2. The van der Waals surface area contributed by atoms with E-state index in [1.807, 2.05) is 55.2 Å². The molecule has 6 heteroatoms. The molecule has 0 saturated carbocycles. The van der Waals surface area contributed by atoms with E-state index >= 15 is 0 Å². The number of fused-ring (bicyclic) bond motifs is 2. The summed E-state index contributed by atoms with van der Waals surface area (Å²) in [7, 11) is 1.95. The summed E-state index contributed by atoms with van der Waals surface area (Å²) in [6, 6.07) is 9.44. The van der Waals surface area contributed by atoms with Gasteiger partial charge in [-0.1, -0.05) is 18.2 Å². The number of carbonyl (C=O) groups is 1. The van der Waals surface area contributed by atoms with Gasteiger partial charge in [0, 0.05) is 23.7 Å². The smallest absolute Gasteiger partial charge is 0.315 e. The summed E-state index contributed by atoms with van der Waals surface area (Å²) in [6.45, 7) is 1.92. The van der Waals surface area contributed by atoms with E-state index < -0.39 is 0 Å². The Hall–Kier alpha value is -2.76. The van der Waals surface area contributed by atoms with E-state index in [-0.39, 0.29) is 18.1 Å². The van der Waals surface area contributed by atoms with Gasteiger partial charge in [-0.3, -0.25) is 4.68 Å².